The van der Waals surface area contributed by atoms with Crippen molar-refractivity contribution in [2.45, 2.75) is 11.1 Å². The van der Waals surface area contributed by atoms with Gasteiger partial charge < -0.3 is 0 Å². The first-order chi connectivity index (χ1) is 7.62. The minimum absolute atomic E-state index is 0.0206. The molecule has 9 heteroatoms. The van der Waals surface area contributed by atoms with Crippen LogP contribution in [-0.4, -0.2) is 21.1 Å². The summed E-state index contributed by atoms with van der Waals surface area (Å²) in [6.07, 6.45) is -4.67. The summed E-state index contributed by atoms with van der Waals surface area (Å²) >= 11 is 2.80. The molecule has 0 aliphatic carbocycles. The predicted molar refractivity (Wildman–Crippen MR) is 55.3 cm³/mol. The number of nitrogens with one attached hydrogen (secondary N) is 1. The summed E-state index contributed by atoms with van der Waals surface area (Å²) in [6, 6.07) is 2.71. The molecule has 0 spiro atoms. The van der Waals surface area contributed by atoms with Gasteiger partial charge in [0.2, 0.25) is 10.0 Å². The van der Waals surface area contributed by atoms with E-state index in [-0.39, 0.29) is 4.47 Å². The topological polar surface area (TPSA) is 46.2 Å². The summed E-state index contributed by atoms with van der Waals surface area (Å²) in [4.78, 5) is -0.567. The van der Waals surface area contributed by atoms with E-state index in [0.717, 1.165) is 12.1 Å². The summed E-state index contributed by atoms with van der Waals surface area (Å²) < 4.78 is 72.6. The van der Waals surface area contributed by atoms with E-state index in [2.05, 4.69) is 15.9 Å². The minimum atomic E-state index is -4.67. The molecular weight excluding hydrogens is 330 g/mol. The number of halogens is 5. The second kappa shape index (κ2) is 4.91. The molecule has 96 valence electrons. The Morgan fingerprint density at radius 3 is 2.35 bits per heavy atom. The Balaban J connectivity index is 2.94. The van der Waals surface area contributed by atoms with Gasteiger partial charge in [-0.25, -0.2) is 17.5 Å². The van der Waals surface area contributed by atoms with Crippen molar-refractivity contribution in [2.75, 3.05) is 6.54 Å². The maximum absolute atomic E-state index is 13.0. The summed E-state index contributed by atoms with van der Waals surface area (Å²) in [5.41, 5.74) is 0. The molecule has 0 amide bonds. The van der Waals surface area contributed by atoms with E-state index in [1.54, 1.807) is 0 Å². The van der Waals surface area contributed by atoms with Gasteiger partial charge in [-0.3, -0.25) is 0 Å². The molecule has 1 N–H and O–H groups in total. The first kappa shape index (κ1) is 14.4. The van der Waals surface area contributed by atoms with Gasteiger partial charge in [-0.1, -0.05) is 0 Å². The van der Waals surface area contributed by atoms with Crippen LogP contribution in [0.1, 0.15) is 0 Å². The van der Waals surface area contributed by atoms with Crippen LogP contribution in [0.5, 0.6) is 0 Å². The number of sulfonamides is 1. The fourth-order valence-electron chi connectivity index (χ4n) is 0.904. The van der Waals surface area contributed by atoms with Crippen LogP contribution < -0.4 is 4.72 Å². The Labute approximate surface area is 103 Å². The Morgan fingerprint density at radius 1 is 1.29 bits per heavy atom. The van der Waals surface area contributed by atoms with E-state index in [0.29, 0.717) is 6.07 Å². The molecule has 1 aromatic carbocycles. The van der Waals surface area contributed by atoms with Crippen molar-refractivity contribution in [3.05, 3.63) is 28.5 Å². The van der Waals surface area contributed by atoms with E-state index in [4.69, 9.17) is 0 Å². The van der Waals surface area contributed by atoms with E-state index >= 15 is 0 Å². The SMILES string of the molecule is O=S(=O)(NCC(F)(F)F)c1ccc(Br)c(F)c1. The van der Waals surface area contributed by atoms with Gasteiger partial charge in [0.05, 0.1) is 9.37 Å². The van der Waals surface area contributed by atoms with Crippen LogP contribution in [0.3, 0.4) is 0 Å². The van der Waals surface area contributed by atoms with Crippen LogP contribution in [0.15, 0.2) is 27.6 Å². The van der Waals surface area contributed by atoms with Crippen molar-refractivity contribution in [3.63, 3.8) is 0 Å². The third-order valence-corrected chi connectivity index (χ3v) is 3.71. The van der Waals surface area contributed by atoms with E-state index in [1.165, 1.54) is 4.72 Å². The van der Waals surface area contributed by atoms with Gasteiger partial charge in [0.15, 0.2) is 0 Å². The lowest BCUT2D eigenvalue weighted by molar-refractivity contribution is -0.121. The molecule has 0 aliphatic heterocycles. The minimum Gasteiger partial charge on any atom is -0.207 e. The fraction of sp³-hybridized carbons (Fsp3) is 0.250. The van der Waals surface area contributed by atoms with Crippen LogP contribution >= 0.6 is 15.9 Å². The number of rotatable bonds is 3. The molecule has 0 unspecified atom stereocenters. The lowest BCUT2D eigenvalue weighted by atomic mass is 10.3. The molecular formula is C8H6BrF4NO2S. The molecule has 0 atom stereocenters. The maximum Gasteiger partial charge on any atom is 0.402 e. The fourth-order valence-corrected chi connectivity index (χ4v) is 2.18. The normalized spacial score (nSPS) is 12.8. The predicted octanol–water partition coefficient (Wildman–Crippen LogP) is 2.43. The van der Waals surface area contributed by atoms with Crippen LogP contribution in [-0.2, 0) is 10.0 Å². The zero-order valence-electron chi connectivity index (χ0n) is 8.05. The lowest BCUT2D eigenvalue weighted by Crippen LogP contribution is -2.33. The van der Waals surface area contributed by atoms with E-state index < -0.39 is 33.5 Å². The van der Waals surface area contributed by atoms with Crippen LogP contribution in [0.25, 0.3) is 0 Å². The molecule has 0 radical (unpaired) electrons. The molecule has 0 aromatic heterocycles. The molecule has 0 bridgehead atoms. The highest BCUT2D eigenvalue weighted by atomic mass is 79.9. The van der Waals surface area contributed by atoms with Gasteiger partial charge in [-0.05, 0) is 34.1 Å². The summed E-state index contributed by atoms with van der Waals surface area (Å²) in [5, 5.41) is 0. The number of benzene rings is 1. The summed E-state index contributed by atoms with van der Waals surface area (Å²) in [5.74, 6) is -0.875. The molecule has 1 rings (SSSR count). The maximum atomic E-state index is 13.0. The molecule has 0 aliphatic rings. The second-order valence-electron chi connectivity index (χ2n) is 3.02. The highest BCUT2D eigenvalue weighted by Gasteiger charge is 2.30. The molecule has 0 fully saturated rings. The lowest BCUT2D eigenvalue weighted by Gasteiger charge is -2.09. The van der Waals surface area contributed by atoms with Crippen molar-refractivity contribution in [2.24, 2.45) is 0 Å². The van der Waals surface area contributed by atoms with Crippen molar-refractivity contribution in [3.8, 4) is 0 Å². The zero-order valence-corrected chi connectivity index (χ0v) is 10.5. The largest absolute Gasteiger partial charge is 0.402 e. The van der Waals surface area contributed by atoms with Crippen molar-refractivity contribution in [1.82, 2.24) is 4.72 Å². The highest BCUT2D eigenvalue weighted by molar-refractivity contribution is 9.10. The average molecular weight is 336 g/mol. The Morgan fingerprint density at radius 2 is 1.88 bits per heavy atom. The Bertz CT molecular complexity index is 515. The van der Waals surface area contributed by atoms with Crippen LogP contribution in [0, 0.1) is 5.82 Å². The van der Waals surface area contributed by atoms with Gasteiger partial charge in [0.25, 0.3) is 0 Å². The number of hydrogen-bond donors (Lipinski definition) is 1. The Hall–Kier alpha value is -0.670. The number of alkyl halides is 3. The van der Waals surface area contributed by atoms with Gasteiger partial charge >= 0.3 is 6.18 Å². The van der Waals surface area contributed by atoms with Gasteiger partial charge in [-0.15, -0.1) is 0 Å². The number of hydrogen-bond acceptors (Lipinski definition) is 2. The smallest absolute Gasteiger partial charge is 0.207 e. The standard InChI is InChI=1S/C8H6BrF4NO2S/c9-6-2-1-5(3-7(6)10)17(15,16)14-4-8(11,12)13/h1-3,14H,4H2. The Kier molecular flexibility index (Phi) is 4.15. The molecule has 17 heavy (non-hydrogen) atoms. The molecule has 0 heterocycles. The molecule has 0 saturated carbocycles. The second-order valence-corrected chi connectivity index (χ2v) is 5.64. The van der Waals surface area contributed by atoms with Crippen LogP contribution in [0.4, 0.5) is 17.6 Å². The van der Waals surface area contributed by atoms with E-state index in [1.807, 2.05) is 0 Å². The monoisotopic (exact) mass is 335 g/mol. The third kappa shape index (κ3) is 4.25. The summed E-state index contributed by atoms with van der Waals surface area (Å²) in [7, 11) is -4.36. The van der Waals surface area contributed by atoms with Gasteiger partial charge in [0.1, 0.15) is 12.4 Å². The molecule has 3 nitrogen and oxygen atoms in total. The molecule has 0 saturated heterocycles. The van der Waals surface area contributed by atoms with E-state index in [9.17, 15) is 26.0 Å². The first-order valence-electron chi connectivity index (χ1n) is 4.13. The van der Waals surface area contributed by atoms with Crippen molar-refractivity contribution in [1.29, 1.82) is 0 Å². The zero-order chi connectivity index (χ0) is 13.3. The van der Waals surface area contributed by atoms with Crippen LogP contribution in [0.2, 0.25) is 0 Å². The van der Waals surface area contributed by atoms with Crippen molar-refractivity contribution < 1.29 is 26.0 Å². The molecule has 1 aromatic rings. The third-order valence-electron chi connectivity index (χ3n) is 1.66. The van der Waals surface area contributed by atoms with Gasteiger partial charge in [-0.2, -0.15) is 13.2 Å². The quantitative estimate of drug-likeness (QED) is 0.862. The first-order valence-corrected chi connectivity index (χ1v) is 6.41. The van der Waals surface area contributed by atoms with Crippen molar-refractivity contribution >= 4 is 26.0 Å². The van der Waals surface area contributed by atoms with Gasteiger partial charge in [0, 0.05) is 0 Å². The highest BCUT2D eigenvalue weighted by Crippen LogP contribution is 2.20. The average Bonchev–Trinajstić information content (AvgIpc) is 2.18. The summed E-state index contributed by atoms with van der Waals surface area (Å²) in [6.45, 7) is -1.70.